The maximum atomic E-state index is 11.3. The van der Waals surface area contributed by atoms with E-state index in [1.165, 1.54) is 6.20 Å². The van der Waals surface area contributed by atoms with Crippen LogP contribution < -0.4 is 0 Å². The number of aromatic amines is 1. The molecule has 1 aliphatic rings. The quantitative estimate of drug-likeness (QED) is 0.871. The Labute approximate surface area is 122 Å². The molecule has 1 atom stereocenters. The first kappa shape index (κ1) is 13.8. The number of rotatable bonds is 5. The summed E-state index contributed by atoms with van der Waals surface area (Å²) >= 11 is 0. The Morgan fingerprint density at radius 3 is 3.10 bits per heavy atom. The van der Waals surface area contributed by atoms with Gasteiger partial charge in [0.1, 0.15) is 5.56 Å². The third-order valence-corrected chi connectivity index (χ3v) is 4.02. The molecule has 1 unspecified atom stereocenters. The summed E-state index contributed by atoms with van der Waals surface area (Å²) in [7, 11) is 0. The summed E-state index contributed by atoms with van der Waals surface area (Å²) in [5.74, 6) is -0.920. The SMILES string of the molecule is O=C(O)c1cn[nH]c1C1CCCCN1CCn1cccn1. The van der Waals surface area contributed by atoms with Gasteiger partial charge in [0.05, 0.1) is 24.5 Å². The van der Waals surface area contributed by atoms with Crippen molar-refractivity contribution < 1.29 is 9.90 Å². The molecule has 0 aromatic carbocycles. The molecule has 2 N–H and O–H groups in total. The highest BCUT2D eigenvalue weighted by atomic mass is 16.4. The van der Waals surface area contributed by atoms with Gasteiger partial charge in [-0.3, -0.25) is 14.7 Å². The fraction of sp³-hybridized carbons (Fsp3) is 0.500. The molecule has 3 heterocycles. The number of H-pyrrole nitrogens is 1. The summed E-state index contributed by atoms with van der Waals surface area (Å²) in [5, 5.41) is 20.3. The average molecular weight is 289 g/mol. The largest absolute Gasteiger partial charge is 0.478 e. The van der Waals surface area contributed by atoms with Gasteiger partial charge in [-0.15, -0.1) is 0 Å². The summed E-state index contributed by atoms with van der Waals surface area (Å²) in [6, 6.07) is 2.01. The van der Waals surface area contributed by atoms with Crippen LogP contribution in [0.4, 0.5) is 0 Å². The van der Waals surface area contributed by atoms with Crippen LogP contribution in [0, 0.1) is 0 Å². The zero-order valence-electron chi connectivity index (χ0n) is 11.8. The first-order chi connectivity index (χ1) is 10.3. The predicted molar refractivity (Wildman–Crippen MR) is 75.9 cm³/mol. The number of carbonyl (C=O) groups is 1. The van der Waals surface area contributed by atoms with E-state index in [1.54, 1.807) is 6.20 Å². The van der Waals surface area contributed by atoms with Crippen molar-refractivity contribution in [1.82, 2.24) is 24.9 Å². The van der Waals surface area contributed by atoms with Crippen molar-refractivity contribution in [3.8, 4) is 0 Å². The second-order valence-electron chi connectivity index (χ2n) is 5.32. The van der Waals surface area contributed by atoms with Gasteiger partial charge in [0.15, 0.2) is 0 Å². The molecule has 2 aromatic rings. The number of aromatic carboxylic acids is 1. The van der Waals surface area contributed by atoms with Crippen LogP contribution in [-0.2, 0) is 6.54 Å². The lowest BCUT2D eigenvalue weighted by Crippen LogP contribution is -2.36. The molecule has 0 saturated carbocycles. The molecule has 1 fully saturated rings. The van der Waals surface area contributed by atoms with E-state index in [0.29, 0.717) is 0 Å². The molecule has 2 aromatic heterocycles. The molecule has 0 spiro atoms. The average Bonchev–Trinajstić information content (AvgIpc) is 3.16. The Morgan fingerprint density at radius 1 is 1.43 bits per heavy atom. The van der Waals surface area contributed by atoms with Gasteiger partial charge in [0.2, 0.25) is 0 Å². The van der Waals surface area contributed by atoms with Gasteiger partial charge in [-0.25, -0.2) is 4.79 Å². The Kier molecular flexibility index (Phi) is 4.01. The number of nitrogens with zero attached hydrogens (tertiary/aromatic N) is 4. The third-order valence-electron chi connectivity index (χ3n) is 4.02. The molecule has 1 saturated heterocycles. The number of carboxylic acid groups (broad SMARTS) is 1. The zero-order chi connectivity index (χ0) is 14.7. The smallest absolute Gasteiger partial charge is 0.339 e. The normalized spacial score (nSPS) is 19.7. The summed E-state index contributed by atoms with van der Waals surface area (Å²) in [6.45, 7) is 2.63. The van der Waals surface area contributed by atoms with E-state index in [-0.39, 0.29) is 11.6 Å². The molecule has 0 bridgehead atoms. The fourth-order valence-electron chi connectivity index (χ4n) is 2.97. The van der Waals surface area contributed by atoms with Crippen molar-refractivity contribution in [3.05, 3.63) is 35.9 Å². The number of nitrogens with one attached hydrogen (secondary N) is 1. The monoisotopic (exact) mass is 289 g/mol. The Morgan fingerprint density at radius 2 is 2.33 bits per heavy atom. The van der Waals surface area contributed by atoms with Crippen molar-refractivity contribution in [2.24, 2.45) is 0 Å². The molecule has 0 radical (unpaired) electrons. The van der Waals surface area contributed by atoms with Crippen LogP contribution in [0.25, 0.3) is 0 Å². The zero-order valence-corrected chi connectivity index (χ0v) is 11.8. The number of hydrogen-bond acceptors (Lipinski definition) is 4. The minimum absolute atomic E-state index is 0.0999. The Balaban J connectivity index is 1.74. The van der Waals surface area contributed by atoms with Crippen LogP contribution >= 0.6 is 0 Å². The first-order valence-electron chi connectivity index (χ1n) is 7.24. The minimum atomic E-state index is -0.920. The summed E-state index contributed by atoms with van der Waals surface area (Å²) in [4.78, 5) is 13.6. The van der Waals surface area contributed by atoms with E-state index in [1.807, 2.05) is 16.9 Å². The minimum Gasteiger partial charge on any atom is -0.478 e. The second kappa shape index (κ2) is 6.09. The standard InChI is InChI=1S/C14H19N5O2/c20-14(21)11-10-15-17-13(11)12-4-1-2-6-18(12)8-9-19-7-3-5-16-19/h3,5,7,10,12H,1-2,4,6,8-9H2,(H,15,17)(H,20,21). The summed E-state index contributed by atoms with van der Waals surface area (Å²) in [5.41, 5.74) is 1.01. The molecule has 7 heteroatoms. The van der Waals surface area contributed by atoms with E-state index < -0.39 is 5.97 Å². The topological polar surface area (TPSA) is 87.0 Å². The van der Waals surface area contributed by atoms with Crippen LogP contribution in [0.3, 0.4) is 0 Å². The van der Waals surface area contributed by atoms with Crippen LogP contribution in [0.2, 0.25) is 0 Å². The number of likely N-dealkylation sites (tertiary alicyclic amines) is 1. The van der Waals surface area contributed by atoms with Crippen molar-refractivity contribution in [1.29, 1.82) is 0 Å². The molecule has 7 nitrogen and oxygen atoms in total. The molecule has 112 valence electrons. The molecular formula is C14H19N5O2. The highest BCUT2D eigenvalue weighted by Gasteiger charge is 2.28. The molecule has 0 aliphatic carbocycles. The summed E-state index contributed by atoms with van der Waals surface area (Å²) < 4.78 is 1.90. The van der Waals surface area contributed by atoms with Gasteiger partial charge in [-0.1, -0.05) is 6.42 Å². The van der Waals surface area contributed by atoms with E-state index in [0.717, 1.165) is 44.6 Å². The van der Waals surface area contributed by atoms with Crippen molar-refractivity contribution in [2.45, 2.75) is 31.8 Å². The number of aromatic nitrogens is 4. The van der Waals surface area contributed by atoms with E-state index in [9.17, 15) is 9.90 Å². The van der Waals surface area contributed by atoms with Gasteiger partial charge < -0.3 is 5.11 Å². The van der Waals surface area contributed by atoms with Gasteiger partial charge in [-0.05, 0) is 25.5 Å². The number of hydrogen-bond donors (Lipinski definition) is 2. The van der Waals surface area contributed by atoms with E-state index >= 15 is 0 Å². The van der Waals surface area contributed by atoms with E-state index in [4.69, 9.17) is 0 Å². The second-order valence-corrected chi connectivity index (χ2v) is 5.32. The summed E-state index contributed by atoms with van der Waals surface area (Å²) in [6.07, 6.45) is 8.33. The Bertz CT molecular complexity index is 592. The van der Waals surface area contributed by atoms with Crippen LogP contribution in [0.15, 0.2) is 24.7 Å². The van der Waals surface area contributed by atoms with Gasteiger partial charge in [-0.2, -0.15) is 10.2 Å². The van der Waals surface area contributed by atoms with Crippen LogP contribution in [0.5, 0.6) is 0 Å². The van der Waals surface area contributed by atoms with E-state index in [2.05, 4.69) is 20.2 Å². The maximum absolute atomic E-state index is 11.3. The molecular weight excluding hydrogens is 270 g/mol. The van der Waals surface area contributed by atoms with Crippen molar-refractivity contribution in [3.63, 3.8) is 0 Å². The highest BCUT2D eigenvalue weighted by molar-refractivity contribution is 5.88. The lowest BCUT2D eigenvalue weighted by Gasteiger charge is -2.35. The van der Waals surface area contributed by atoms with Crippen molar-refractivity contribution in [2.75, 3.05) is 13.1 Å². The highest BCUT2D eigenvalue weighted by Crippen LogP contribution is 2.31. The van der Waals surface area contributed by atoms with Crippen molar-refractivity contribution >= 4 is 5.97 Å². The molecule has 3 rings (SSSR count). The lowest BCUT2D eigenvalue weighted by molar-refractivity contribution is 0.0689. The van der Waals surface area contributed by atoms with Gasteiger partial charge in [0.25, 0.3) is 0 Å². The molecule has 1 aliphatic heterocycles. The van der Waals surface area contributed by atoms with Crippen LogP contribution in [-0.4, -0.2) is 49.0 Å². The molecule has 21 heavy (non-hydrogen) atoms. The van der Waals surface area contributed by atoms with Crippen LogP contribution in [0.1, 0.15) is 41.4 Å². The van der Waals surface area contributed by atoms with Gasteiger partial charge in [0, 0.05) is 18.9 Å². The molecule has 0 amide bonds. The lowest BCUT2D eigenvalue weighted by atomic mass is 9.97. The fourth-order valence-corrected chi connectivity index (χ4v) is 2.97. The predicted octanol–water partition coefficient (Wildman–Crippen LogP) is 1.53. The van der Waals surface area contributed by atoms with Gasteiger partial charge >= 0.3 is 5.97 Å². The Hall–Kier alpha value is -2.15. The first-order valence-corrected chi connectivity index (χ1v) is 7.24. The third kappa shape index (κ3) is 2.97. The maximum Gasteiger partial charge on any atom is 0.339 e. The number of piperidine rings is 1. The number of carboxylic acids is 1.